The number of halogens is 1. The molecule has 0 heterocycles. The standard InChI is InChI=1S/C8H7ClO3/c9-5-8(11)12-7-4-2-1-3-6(7)10/h1-4,10H,5H2. The molecule has 1 aromatic carbocycles. The molecule has 0 saturated heterocycles. The second kappa shape index (κ2) is 3.97. The molecule has 0 fully saturated rings. The summed E-state index contributed by atoms with van der Waals surface area (Å²) in [6.07, 6.45) is 0. The molecule has 0 atom stereocenters. The highest BCUT2D eigenvalue weighted by Crippen LogP contribution is 2.24. The number of carbonyl (C=O) groups is 1. The van der Waals surface area contributed by atoms with E-state index in [1.54, 1.807) is 12.1 Å². The van der Waals surface area contributed by atoms with Crippen molar-refractivity contribution in [1.29, 1.82) is 0 Å². The number of rotatable bonds is 2. The second-order valence-corrected chi connectivity index (χ2v) is 2.34. The Morgan fingerprint density at radius 2 is 2.17 bits per heavy atom. The fraction of sp³-hybridized carbons (Fsp3) is 0.125. The number of benzene rings is 1. The van der Waals surface area contributed by atoms with Crippen LogP contribution in [0.25, 0.3) is 0 Å². The minimum absolute atomic E-state index is 0.0732. The van der Waals surface area contributed by atoms with Gasteiger partial charge in [-0.2, -0.15) is 0 Å². The lowest BCUT2D eigenvalue weighted by Gasteiger charge is -2.02. The molecule has 0 amide bonds. The zero-order valence-electron chi connectivity index (χ0n) is 6.16. The molecule has 0 unspecified atom stereocenters. The molecule has 0 spiro atoms. The number of ether oxygens (including phenoxy) is 1. The molecule has 0 aliphatic carbocycles. The number of hydrogen-bond acceptors (Lipinski definition) is 3. The van der Waals surface area contributed by atoms with Gasteiger partial charge >= 0.3 is 5.97 Å². The van der Waals surface area contributed by atoms with E-state index in [1.807, 2.05) is 0 Å². The van der Waals surface area contributed by atoms with Crippen molar-refractivity contribution < 1.29 is 14.6 Å². The average molecular weight is 187 g/mol. The lowest BCUT2D eigenvalue weighted by Crippen LogP contribution is -2.08. The summed E-state index contributed by atoms with van der Waals surface area (Å²) in [7, 11) is 0. The van der Waals surface area contributed by atoms with Crippen molar-refractivity contribution in [1.82, 2.24) is 0 Å². The maximum absolute atomic E-state index is 10.7. The van der Waals surface area contributed by atoms with Crippen molar-refractivity contribution in [3.63, 3.8) is 0 Å². The van der Waals surface area contributed by atoms with Gasteiger partial charge in [-0.25, -0.2) is 0 Å². The van der Waals surface area contributed by atoms with E-state index in [4.69, 9.17) is 16.7 Å². The van der Waals surface area contributed by atoms with Crippen LogP contribution in [0.2, 0.25) is 0 Å². The number of carbonyl (C=O) groups excluding carboxylic acids is 1. The normalized spacial score (nSPS) is 9.42. The largest absolute Gasteiger partial charge is 0.504 e. The van der Waals surface area contributed by atoms with Crippen LogP contribution in [0.5, 0.6) is 11.5 Å². The van der Waals surface area contributed by atoms with Crippen LogP contribution in [0.3, 0.4) is 0 Å². The van der Waals surface area contributed by atoms with Crippen LogP contribution < -0.4 is 4.74 Å². The minimum Gasteiger partial charge on any atom is -0.504 e. The zero-order chi connectivity index (χ0) is 8.97. The highest BCUT2D eigenvalue weighted by atomic mass is 35.5. The van der Waals surface area contributed by atoms with Gasteiger partial charge in [-0.15, -0.1) is 11.6 Å². The van der Waals surface area contributed by atoms with Crippen molar-refractivity contribution in [2.75, 3.05) is 5.88 Å². The van der Waals surface area contributed by atoms with Crippen LogP contribution >= 0.6 is 11.6 Å². The van der Waals surface area contributed by atoms with Gasteiger partial charge < -0.3 is 9.84 Å². The molecule has 3 nitrogen and oxygen atoms in total. The van der Waals surface area contributed by atoms with Gasteiger partial charge in [0.2, 0.25) is 0 Å². The van der Waals surface area contributed by atoms with Gasteiger partial charge in [0.15, 0.2) is 11.5 Å². The summed E-state index contributed by atoms with van der Waals surface area (Å²) in [5, 5.41) is 9.13. The SMILES string of the molecule is O=C(CCl)Oc1ccccc1O. The van der Waals surface area contributed by atoms with E-state index in [1.165, 1.54) is 12.1 Å². The molecule has 12 heavy (non-hydrogen) atoms. The van der Waals surface area contributed by atoms with Gasteiger partial charge in [-0.3, -0.25) is 4.79 Å². The van der Waals surface area contributed by atoms with Crippen LogP contribution in [0, 0.1) is 0 Å². The number of alkyl halides is 1. The van der Waals surface area contributed by atoms with E-state index in [-0.39, 0.29) is 17.4 Å². The molecule has 0 saturated carbocycles. The summed E-state index contributed by atoms with van der Waals surface area (Å²) in [6, 6.07) is 6.19. The number of hydrogen-bond donors (Lipinski definition) is 1. The Bertz CT molecular complexity index is 285. The molecule has 0 aliphatic heterocycles. The number of para-hydroxylation sites is 2. The lowest BCUT2D eigenvalue weighted by atomic mass is 10.3. The molecule has 1 rings (SSSR count). The molecular formula is C8H7ClO3. The Morgan fingerprint density at radius 3 is 2.75 bits per heavy atom. The third kappa shape index (κ3) is 2.13. The second-order valence-electron chi connectivity index (χ2n) is 2.08. The average Bonchev–Trinajstić information content (AvgIpc) is 2.09. The quantitative estimate of drug-likeness (QED) is 0.433. The first-order valence-electron chi connectivity index (χ1n) is 3.28. The molecule has 64 valence electrons. The van der Waals surface area contributed by atoms with Gasteiger partial charge in [-0.05, 0) is 12.1 Å². The van der Waals surface area contributed by atoms with Crippen molar-refractivity contribution in [2.24, 2.45) is 0 Å². The first-order valence-corrected chi connectivity index (χ1v) is 3.82. The molecule has 0 aromatic heterocycles. The van der Waals surface area contributed by atoms with E-state index in [0.717, 1.165) is 0 Å². The van der Waals surface area contributed by atoms with Crippen LogP contribution in [0.15, 0.2) is 24.3 Å². The van der Waals surface area contributed by atoms with Crippen molar-refractivity contribution in [3.05, 3.63) is 24.3 Å². The molecular weight excluding hydrogens is 180 g/mol. The highest BCUT2D eigenvalue weighted by molar-refractivity contribution is 6.26. The predicted octanol–water partition coefficient (Wildman–Crippen LogP) is 1.54. The maximum atomic E-state index is 10.7. The van der Waals surface area contributed by atoms with Crippen LogP contribution in [0.1, 0.15) is 0 Å². The third-order valence-electron chi connectivity index (χ3n) is 1.20. The third-order valence-corrected chi connectivity index (χ3v) is 1.42. The minimum atomic E-state index is -0.585. The van der Waals surface area contributed by atoms with Gasteiger partial charge in [0.1, 0.15) is 5.88 Å². The number of phenolic OH excluding ortho intramolecular Hbond substituents is 1. The van der Waals surface area contributed by atoms with Gasteiger partial charge in [0.05, 0.1) is 0 Å². The van der Waals surface area contributed by atoms with E-state index in [2.05, 4.69) is 4.74 Å². The van der Waals surface area contributed by atoms with Crippen molar-refractivity contribution in [2.45, 2.75) is 0 Å². The van der Waals surface area contributed by atoms with Crippen molar-refractivity contribution in [3.8, 4) is 11.5 Å². The molecule has 0 aliphatic rings. The van der Waals surface area contributed by atoms with Crippen LogP contribution in [-0.2, 0) is 4.79 Å². The van der Waals surface area contributed by atoms with E-state index in [9.17, 15) is 4.79 Å². The fourth-order valence-electron chi connectivity index (χ4n) is 0.693. The summed E-state index contributed by atoms with van der Waals surface area (Å²) in [5.41, 5.74) is 0. The highest BCUT2D eigenvalue weighted by Gasteiger charge is 2.05. The predicted molar refractivity (Wildman–Crippen MR) is 44.5 cm³/mol. The van der Waals surface area contributed by atoms with Crippen LogP contribution in [-0.4, -0.2) is 17.0 Å². The van der Waals surface area contributed by atoms with Crippen molar-refractivity contribution >= 4 is 17.6 Å². The summed E-state index contributed by atoms with van der Waals surface area (Å²) >= 11 is 5.20. The zero-order valence-corrected chi connectivity index (χ0v) is 6.91. The monoisotopic (exact) mass is 186 g/mol. The summed E-state index contributed by atoms with van der Waals surface area (Å²) in [4.78, 5) is 10.7. The smallest absolute Gasteiger partial charge is 0.326 e. The van der Waals surface area contributed by atoms with Gasteiger partial charge in [0.25, 0.3) is 0 Å². The number of aromatic hydroxyl groups is 1. The molecule has 1 N–H and O–H groups in total. The molecule has 4 heteroatoms. The Balaban J connectivity index is 2.75. The van der Waals surface area contributed by atoms with E-state index < -0.39 is 5.97 Å². The Hall–Kier alpha value is -1.22. The molecule has 0 bridgehead atoms. The first-order chi connectivity index (χ1) is 5.74. The Labute approximate surface area is 74.5 Å². The summed E-state index contributed by atoms with van der Waals surface area (Å²) < 4.78 is 4.67. The van der Waals surface area contributed by atoms with Gasteiger partial charge in [-0.1, -0.05) is 12.1 Å². The maximum Gasteiger partial charge on any atom is 0.326 e. The van der Waals surface area contributed by atoms with Gasteiger partial charge in [0, 0.05) is 0 Å². The Morgan fingerprint density at radius 1 is 1.50 bits per heavy atom. The summed E-state index contributed by atoms with van der Waals surface area (Å²) in [6.45, 7) is 0. The molecule has 0 radical (unpaired) electrons. The molecule has 1 aromatic rings. The first kappa shape index (κ1) is 8.87. The summed E-state index contributed by atoms with van der Waals surface area (Å²) in [5.74, 6) is -0.758. The van der Waals surface area contributed by atoms with E-state index >= 15 is 0 Å². The van der Waals surface area contributed by atoms with E-state index in [0.29, 0.717) is 0 Å². The van der Waals surface area contributed by atoms with Crippen LogP contribution in [0.4, 0.5) is 0 Å². The Kier molecular flexibility index (Phi) is 2.94. The number of esters is 1. The fourth-order valence-corrected chi connectivity index (χ4v) is 0.748. The lowest BCUT2D eigenvalue weighted by molar-refractivity contribution is -0.131. The topological polar surface area (TPSA) is 46.5 Å². The number of phenols is 1.